The van der Waals surface area contributed by atoms with Crippen LogP contribution in [0.25, 0.3) is 0 Å². The minimum absolute atomic E-state index is 0.0581. The van der Waals surface area contributed by atoms with Crippen molar-refractivity contribution in [2.45, 2.75) is 26.5 Å². The van der Waals surface area contributed by atoms with Gasteiger partial charge in [-0.25, -0.2) is 14.1 Å². The lowest BCUT2D eigenvalue weighted by atomic mass is 10.2. The topological polar surface area (TPSA) is 98.5 Å². The summed E-state index contributed by atoms with van der Waals surface area (Å²) in [6, 6.07) is 4.19. The van der Waals surface area contributed by atoms with Gasteiger partial charge in [-0.2, -0.15) is 5.10 Å². The van der Waals surface area contributed by atoms with Crippen LogP contribution >= 0.6 is 0 Å². The van der Waals surface area contributed by atoms with Gasteiger partial charge >= 0.3 is 0 Å². The van der Waals surface area contributed by atoms with Gasteiger partial charge in [0.2, 0.25) is 0 Å². The van der Waals surface area contributed by atoms with Gasteiger partial charge in [0.1, 0.15) is 12.9 Å². The molecule has 0 saturated heterocycles. The Kier molecular flexibility index (Phi) is 4.36. The minimum Gasteiger partial charge on any atom is -0.483 e. The third-order valence-corrected chi connectivity index (χ3v) is 2.83. The molecule has 1 aromatic heterocycles. The highest BCUT2D eigenvalue weighted by molar-refractivity contribution is 5.97. The fraction of sp³-hybridized carbons (Fsp3) is 0.308. The zero-order valence-electron chi connectivity index (χ0n) is 11.7. The minimum atomic E-state index is -0.602. The van der Waals surface area contributed by atoms with Gasteiger partial charge < -0.3 is 15.7 Å². The lowest BCUT2D eigenvalue weighted by molar-refractivity contribution is 0.269. The van der Waals surface area contributed by atoms with Gasteiger partial charge in [0.05, 0.1) is 0 Å². The van der Waals surface area contributed by atoms with E-state index in [1.807, 2.05) is 13.8 Å². The predicted molar refractivity (Wildman–Crippen MR) is 73.6 cm³/mol. The Hall–Kier alpha value is -2.64. The van der Waals surface area contributed by atoms with E-state index in [4.69, 9.17) is 15.7 Å². The van der Waals surface area contributed by atoms with Crippen LogP contribution in [0.1, 0.15) is 31.3 Å². The molecule has 2 aromatic rings. The van der Waals surface area contributed by atoms with Crippen molar-refractivity contribution in [1.29, 1.82) is 0 Å². The second-order valence-corrected chi connectivity index (χ2v) is 4.63. The third kappa shape index (κ3) is 3.28. The van der Waals surface area contributed by atoms with E-state index >= 15 is 0 Å². The average Bonchev–Trinajstić information content (AvgIpc) is 2.93. The number of rotatable bonds is 5. The summed E-state index contributed by atoms with van der Waals surface area (Å²) in [4.78, 5) is 4.07. The Balaban J connectivity index is 2.12. The van der Waals surface area contributed by atoms with E-state index < -0.39 is 5.82 Å². The van der Waals surface area contributed by atoms with E-state index in [1.165, 1.54) is 18.5 Å². The maximum atomic E-state index is 13.9. The molecule has 0 unspecified atom stereocenters. The summed E-state index contributed by atoms with van der Waals surface area (Å²) in [6.45, 7) is 4.02. The number of nitrogens with two attached hydrogens (primary N) is 1. The number of hydrogen-bond donors (Lipinski definition) is 2. The van der Waals surface area contributed by atoms with E-state index in [-0.39, 0.29) is 29.8 Å². The Morgan fingerprint density at radius 3 is 2.90 bits per heavy atom. The highest BCUT2D eigenvalue weighted by atomic mass is 19.1. The van der Waals surface area contributed by atoms with Crippen LogP contribution in [0.2, 0.25) is 0 Å². The van der Waals surface area contributed by atoms with Crippen molar-refractivity contribution in [2.24, 2.45) is 10.9 Å². The molecule has 21 heavy (non-hydrogen) atoms. The number of ether oxygens (including phenoxy) is 1. The lowest BCUT2D eigenvalue weighted by Crippen LogP contribution is -2.14. The summed E-state index contributed by atoms with van der Waals surface area (Å²) in [5, 5.41) is 15.4. The summed E-state index contributed by atoms with van der Waals surface area (Å²) >= 11 is 0. The van der Waals surface area contributed by atoms with Gasteiger partial charge in [0, 0.05) is 11.6 Å². The fourth-order valence-electron chi connectivity index (χ4n) is 1.79. The summed E-state index contributed by atoms with van der Waals surface area (Å²) in [6.07, 6.45) is 1.43. The maximum Gasteiger partial charge on any atom is 0.170 e. The number of halogens is 1. The molecule has 0 spiro atoms. The molecule has 0 amide bonds. The Bertz CT molecular complexity index is 654. The Morgan fingerprint density at radius 2 is 2.29 bits per heavy atom. The fourth-order valence-corrected chi connectivity index (χ4v) is 1.79. The van der Waals surface area contributed by atoms with Gasteiger partial charge in [-0.3, -0.25) is 0 Å². The first kappa shape index (κ1) is 14.8. The Labute approximate surface area is 120 Å². The van der Waals surface area contributed by atoms with Crippen LogP contribution < -0.4 is 10.5 Å². The number of nitrogens with zero attached hydrogens (tertiary/aromatic N) is 4. The Morgan fingerprint density at radius 1 is 1.52 bits per heavy atom. The van der Waals surface area contributed by atoms with Crippen molar-refractivity contribution < 1.29 is 14.3 Å². The molecule has 3 N–H and O–H groups in total. The average molecular weight is 293 g/mol. The highest BCUT2D eigenvalue weighted by Gasteiger charge is 2.11. The van der Waals surface area contributed by atoms with Crippen molar-refractivity contribution in [3.05, 3.63) is 41.7 Å². The maximum absolute atomic E-state index is 13.9. The number of amidine groups is 1. The van der Waals surface area contributed by atoms with E-state index in [1.54, 1.807) is 4.68 Å². The van der Waals surface area contributed by atoms with E-state index in [2.05, 4.69) is 15.2 Å². The summed E-state index contributed by atoms with van der Waals surface area (Å²) < 4.78 is 21.0. The molecule has 112 valence electrons. The van der Waals surface area contributed by atoms with E-state index in [0.717, 1.165) is 6.07 Å². The summed E-state index contributed by atoms with van der Waals surface area (Å²) in [7, 11) is 0. The monoisotopic (exact) mass is 293 g/mol. The third-order valence-electron chi connectivity index (χ3n) is 2.83. The van der Waals surface area contributed by atoms with Gasteiger partial charge in [0.15, 0.2) is 23.2 Å². The van der Waals surface area contributed by atoms with Gasteiger partial charge in [-0.15, -0.1) is 0 Å². The lowest BCUT2D eigenvalue weighted by Gasteiger charge is -2.11. The van der Waals surface area contributed by atoms with Crippen LogP contribution in [-0.4, -0.2) is 25.8 Å². The highest BCUT2D eigenvalue weighted by Crippen LogP contribution is 2.19. The molecule has 0 saturated carbocycles. The van der Waals surface area contributed by atoms with Gasteiger partial charge in [0.25, 0.3) is 0 Å². The molecule has 0 atom stereocenters. The standard InChI is InChI=1S/C13H16FN5O2/c1-8(2)19-12(16-7-17-19)6-21-11-4-3-9(5-10(11)14)13(15)18-20/h3-5,7-8,20H,6H2,1-2H3,(H2,15,18). The molecular formula is C13H16FN5O2. The molecular weight excluding hydrogens is 277 g/mol. The second-order valence-electron chi connectivity index (χ2n) is 4.63. The largest absolute Gasteiger partial charge is 0.483 e. The van der Waals surface area contributed by atoms with Gasteiger partial charge in [-0.1, -0.05) is 5.16 Å². The molecule has 0 fully saturated rings. The first-order chi connectivity index (χ1) is 10.0. The summed E-state index contributed by atoms with van der Waals surface area (Å²) in [5.41, 5.74) is 5.66. The normalized spacial score (nSPS) is 11.9. The zero-order chi connectivity index (χ0) is 15.4. The van der Waals surface area contributed by atoms with Crippen LogP contribution in [0.15, 0.2) is 29.7 Å². The molecule has 0 aliphatic heterocycles. The predicted octanol–water partition coefficient (Wildman–Crippen LogP) is 1.67. The first-order valence-corrected chi connectivity index (χ1v) is 6.31. The molecule has 1 heterocycles. The molecule has 2 rings (SSSR count). The van der Waals surface area contributed by atoms with Crippen LogP contribution in [0.3, 0.4) is 0 Å². The molecule has 0 radical (unpaired) electrons. The van der Waals surface area contributed by atoms with Crippen molar-refractivity contribution in [1.82, 2.24) is 14.8 Å². The number of oxime groups is 1. The van der Waals surface area contributed by atoms with Crippen LogP contribution in [-0.2, 0) is 6.61 Å². The number of hydrogen-bond acceptors (Lipinski definition) is 5. The first-order valence-electron chi connectivity index (χ1n) is 6.31. The smallest absolute Gasteiger partial charge is 0.170 e. The SMILES string of the molecule is CC(C)n1ncnc1COc1ccc(/C(N)=N/O)cc1F. The van der Waals surface area contributed by atoms with Crippen molar-refractivity contribution in [2.75, 3.05) is 0 Å². The zero-order valence-corrected chi connectivity index (χ0v) is 11.7. The van der Waals surface area contributed by atoms with Gasteiger partial charge in [-0.05, 0) is 32.0 Å². The van der Waals surface area contributed by atoms with Crippen LogP contribution in [0.4, 0.5) is 4.39 Å². The number of benzene rings is 1. The molecule has 7 nitrogen and oxygen atoms in total. The molecule has 0 bridgehead atoms. The quantitative estimate of drug-likeness (QED) is 0.378. The van der Waals surface area contributed by atoms with Crippen LogP contribution in [0, 0.1) is 5.82 Å². The summed E-state index contributed by atoms with van der Waals surface area (Å²) in [5.74, 6) is -0.109. The molecule has 8 heteroatoms. The number of aromatic nitrogens is 3. The molecule has 1 aromatic carbocycles. The molecule has 0 aliphatic rings. The second kappa shape index (κ2) is 6.21. The van der Waals surface area contributed by atoms with E-state index in [9.17, 15) is 4.39 Å². The van der Waals surface area contributed by atoms with Crippen molar-refractivity contribution >= 4 is 5.84 Å². The van der Waals surface area contributed by atoms with E-state index in [0.29, 0.717) is 5.82 Å². The van der Waals surface area contributed by atoms with Crippen molar-refractivity contribution in [3.8, 4) is 5.75 Å². The van der Waals surface area contributed by atoms with Crippen LogP contribution in [0.5, 0.6) is 5.75 Å². The molecule has 0 aliphatic carbocycles. The van der Waals surface area contributed by atoms with Crippen molar-refractivity contribution in [3.63, 3.8) is 0 Å².